The van der Waals surface area contributed by atoms with Crippen LogP contribution in [-0.4, -0.2) is 36.4 Å². The smallest absolute Gasteiger partial charge is 0.248 e. The van der Waals surface area contributed by atoms with Crippen molar-refractivity contribution in [1.29, 1.82) is 0 Å². The van der Waals surface area contributed by atoms with Crippen LogP contribution in [0.1, 0.15) is 42.6 Å². The molecule has 0 bridgehead atoms. The lowest BCUT2D eigenvalue weighted by molar-refractivity contribution is 0.1000. The van der Waals surface area contributed by atoms with Gasteiger partial charge in [-0.1, -0.05) is 19.1 Å². The molecule has 2 rings (SSSR count). The Morgan fingerprint density at radius 2 is 2.14 bits per heavy atom. The fourth-order valence-electron chi connectivity index (χ4n) is 2.64. The van der Waals surface area contributed by atoms with E-state index in [-0.39, 0.29) is 0 Å². The second-order valence-electron chi connectivity index (χ2n) is 5.90. The Balaban J connectivity index is 2.06. The van der Waals surface area contributed by atoms with E-state index in [1.165, 1.54) is 12.8 Å². The maximum atomic E-state index is 11.2. The molecule has 120 valence electrons. The van der Waals surface area contributed by atoms with Crippen LogP contribution >= 0.6 is 0 Å². The van der Waals surface area contributed by atoms with Crippen molar-refractivity contribution in [3.63, 3.8) is 0 Å². The van der Waals surface area contributed by atoms with Crippen molar-refractivity contribution < 1.29 is 4.79 Å². The van der Waals surface area contributed by atoms with Crippen LogP contribution < -0.4 is 11.1 Å². The fraction of sp³-hybridized carbons (Fsp3) is 0.529. The van der Waals surface area contributed by atoms with Gasteiger partial charge in [0, 0.05) is 25.2 Å². The second kappa shape index (κ2) is 7.82. The Morgan fingerprint density at radius 3 is 2.77 bits per heavy atom. The predicted octanol–water partition coefficient (Wildman–Crippen LogP) is 1.98. The number of rotatable bonds is 4. The standard InChI is InChI=1S/C17H26N4O/c1-3-19-17(21-9-7-13(2)8-10-21)20-12-14-5-4-6-15(11-14)16(18)22/h4-6,11,13H,3,7-10,12H2,1-2H3,(H2,18,22)(H,19,20). The molecule has 5 nitrogen and oxygen atoms in total. The first kappa shape index (κ1) is 16.3. The van der Waals surface area contributed by atoms with Crippen LogP contribution in [0.15, 0.2) is 29.3 Å². The normalized spacial score (nSPS) is 16.6. The average Bonchev–Trinajstić information content (AvgIpc) is 2.52. The molecule has 1 heterocycles. The lowest BCUT2D eigenvalue weighted by Crippen LogP contribution is -2.45. The third-order valence-electron chi connectivity index (χ3n) is 4.04. The number of nitrogens with zero attached hydrogens (tertiary/aromatic N) is 2. The van der Waals surface area contributed by atoms with Gasteiger partial charge in [-0.05, 0) is 43.4 Å². The minimum atomic E-state index is -0.400. The van der Waals surface area contributed by atoms with E-state index in [4.69, 9.17) is 10.7 Å². The number of carbonyl (C=O) groups is 1. The van der Waals surface area contributed by atoms with Gasteiger partial charge in [0.25, 0.3) is 0 Å². The van der Waals surface area contributed by atoms with E-state index in [1.807, 2.05) is 18.2 Å². The molecule has 3 N–H and O–H groups in total. The number of carbonyl (C=O) groups excluding carboxylic acids is 1. The van der Waals surface area contributed by atoms with Crippen LogP contribution in [0.25, 0.3) is 0 Å². The molecule has 0 aliphatic carbocycles. The topological polar surface area (TPSA) is 70.7 Å². The van der Waals surface area contributed by atoms with Gasteiger partial charge in [-0.3, -0.25) is 4.79 Å². The molecule has 0 spiro atoms. The highest BCUT2D eigenvalue weighted by molar-refractivity contribution is 5.92. The Labute approximate surface area is 132 Å². The third kappa shape index (κ3) is 4.48. The Kier molecular flexibility index (Phi) is 5.81. The molecule has 1 amide bonds. The summed E-state index contributed by atoms with van der Waals surface area (Å²) < 4.78 is 0. The van der Waals surface area contributed by atoms with Crippen LogP contribution in [0.3, 0.4) is 0 Å². The summed E-state index contributed by atoms with van der Waals surface area (Å²) in [7, 11) is 0. The number of primary amides is 1. The maximum Gasteiger partial charge on any atom is 0.248 e. The fourth-order valence-corrected chi connectivity index (χ4v) is 2.64. The van der Waals surface area contributed by atoms with E-state index in [2.05, 4.69) is 24.1 Å². The van der Waals surface area contributed by atoms with Gasteiger partial charge in [0.15, 0.2) is 5.96 Å². The zero-order valence-corrected chi connectivity index (χ0v) is 13.5. The van der Waals surface area contributed by atoms with Gasteiger partial charge in [-0.15, -0.1) is 0 Å². The van der Waals surface area contributed by atoms with E-state index in [9.17, 15) is 4.79 Å². The number of amides is 1. The molecule has 1 fully saturated rings. The van der Waals surface area contributed by atoms with E-state index in [0.29, 0.717) is 12.1 Å². The summed E-state index contributed by atoms with van der Waals surface area (Å²) in [6.07, 6.45) is 2.42. The molecule has 0 unspecified atom stereocenters. The van der Waals surface area contributed by atoms with Crippen molar-refractivity contribution in [3.05, 3.63) is 35.4 Å². The van der Waals surface area contributed by atoms with Gasteiger partial charge in [0.2, 0.25) is 5.91 Å². The lowest BCUT2D eigenvalue weighted by Gasteiger charge is -2.33. The predicted molar refractivity (Wildman–Crippen MR) is 89.7 cm³/mol. The number of guanidine groups is 1. The molecular formula is C17H26N4O. The van der Waals surface area contributed by atoms with Gasteiger partial charge >= 0.3 is 0 Å². The highest BCUT2D eigenvalue weighted by Crippen LogP contribution is 2.16. The van der Waals surface area contributed by atoms with Gasteiger partial charge in [0.1, 0.15) is 0 Å². The van der Waals surface area contributed by atoms with Crippen molar-refractivity contribution >= 4 is 11.9 Å². The van der Waals surface area contributed by atoms with Crippen molar-refractivity contribution in [3.8, 4) is 0 Å². The molecule has 0 aromatic heterocycles. The quantitative estimate of drug-likeness (QED) is 0.660. The van der Waals surface area contributed by atoms with Crippen LogP contribution in [0.2, 0.25) is 0 Å². The van der Waals surface area contributed by atoms with E-state index in [0.717, 1.165) is 37.1 Å². The molecule has 0 radical (unpaired) electrons. The zero-order chi connectivity index (χ0) is 15.9. The molecule has 1 aromatic carbocycles. The molecule has 1 aromatic rings. The van der Waals surface area contributed by atoms with E-state index >= 15 is 0 Å². The molecule has 22 heavy (non-hydrogen) atoms. The summed E-state index contributed by atoms with van der Waals surface area (Å²) >= 11 is 0. The summed E-state index contributed by atoms with van der Waals surface area (Å²) in [6.45, 7) is 7.89. The van der Waals surface area contributed by atoms with Crippen LogP contribution in [-0.2, 0) is 6.54 Å². The first-order chi connectivity index (χ1) is 10.6. The number of hydrogen-bond acceptors (Lipinski definition) is 2. The molecule has 5 heteroatoms. The Hall–Kier alpha value is -2.04. The lowest BCUT2D eigenvalue weighted by atomic mass is 10.00. The van der Waals surface area contributed by atoms with Crippen molar-refractivity contribution in [2.75, 3.05) is 19.6 Å². The number of hydrogen-bond donors (Lipinski definition) is 2. The highest BCUT2D eigenvalue weighted by atomic mass is 16.1. The summed E-state index contributed by atoms with van der Waals surface area (Å²) in [5.74, 6) is 1.35. The third-order valence-corrected chi connectivity index (χ3v) is 4.04. The van der Waals surface area contributed by atoms with Gasteiger partial charge < -0.3 is 16.0 Å². The van der Waals surface area contributed by atoms with Crippen LogP contribution in [0.5, 0.6) is 0 Å². The molecule has 1 aliphatic heterocycles. The molecule has 1 saturated heterocycles. The number of piperidine rings is 1. The first-order valence-electron chi connectivity index (χ1n) is 8.02. The Bertz CT molecular complexity index is 533. The molecule has 1 aliphatic rings. The highest BCUT2D eigenvalue weighted by Gasteiger charge is 2.18. The van der Waals surface area contributed by atoms with Crippen LogP contribution in [0.4, 0.5) is 0 Å². The minimum Gasteiger partial charge on any atom is -0.366 e. The maximum absolute atomic E-state index is 11.2. The number of aliphatic imine (C=N–C) groups is 1. The SMILES string of the molecule is CCNC(=NCc1cccc(C(N)=O)c1)N1CCC(C)CC1. The summed E-state index contributed by atoms with van der Waals surface area (Å²) in [6, 6.07) is 7.36. The second-order valence-corrected chi connectivity index (χ2v) is 5.90. The van der Waals surface area contributed by atoms with Gasteiger partial charge in [0.05, 0.1) is 6.54 Å². The zero-order valence-electron chi connectivity index (χ0n) is 13.5. The first-order valence-corrected chi connectivity index (χ1v) is 8.02. The van der Waals surface area contributed by atoms with Crippen molar-refractivity contribution in [1.82, 2.24) is 10.2 Å². The van der Waals surface area contributed by atoms with E-state index < -0.39 is 5.91 Å². The molecule has 0 atom stereocenters. The summed E-state index contributed by atoms with van der Waals surface area (Å²) in [5, 5.41) is 3.36. The number of nitrogens with one attached hydrogen (secondary N) is 1. The number of benzene rings is 1. The van der Waals surface area contributed by atoms with Crippen molar-refractivity contribution in [2.24, 2.45) is 16.6 Å². The van der Waals surface area contributed by atoms with E-state index in [1.54, 1.807) is 6.07 Å². The van der Waals surface area contributed by atoms with Crippen molar-refractivity contribution in [2.45, 2.75) is 33.2 Å². The molecule has 0 saturated carbocycles. The number of likely N-dealkylation sites (tertiary alicyclic amines) is 1. The van der Waals surface area contributed by atoms with Crippen LogP contribution in [0, 0.1) is 5.92 Å². The average molecular weight is 302 g/mol. The summed E-state index contributed by atoms with van der Waals surface area (Å²) in [4.78, 5) is 18.3. The van der Waals surface area contributed by atoms with Gasteiger partial charge in [-0.2, -0.15) is 0 Å². The Morgan fingerprint density at radius 1 is 1.41 bits per heavy atom. The number of nitrogens with two attached hydrogens (primary N) is 1. The minimum absolute atomic E-state index is 0.400. The molecular weight excluding hydrogens is 276 g/mol. The largest absolute Gasteiger partial charge is 0.366 e. The van der Waals surface area contributed by atoms with Gasteiger partial charge in [-0.25, -0.2) is 4.99 Å². The summed E-state index contributed by atoms with van der Waals surface area (Å²) in [5.41, 5.74) is 6.85. The monoisotopic (exact) mass is 302 g/mol.